The van der Waals surface area contributed by atoms with E-state index in [2.05, 4.69) is 10.6 Å². The Morgan fingerprint density at radius 3 is 2.67 bits per heavy atom. The lowest BCUT2D eigenvalue weighted by atomic mass is 9.90. The van der Waals surface area contributed by atoms with Crippen molar-refractivity contribution in [3.8, 4) is 0 Å². The Balaban J connectivity index is 1.38. The molecule has 0 spiro atoms. The van der Waals surface area contributed by atoms with Crippen LogP contribution in [-0.2, 0) is 4.74 Å². The zero-order chi connectivity index (χ0) is 11.9. The first-order chi connectivity index (χ1) is 8.90. The Hall–Kier alpha value is -0.120. The summed E-state index contributed by atoms with van der Waals surface area (Å²) in [6.07, 6.45) is 12.0. The predicted molar refractivity (Wildman–Crippen MR) is 71.6 cm³/mol. The molecule has 18 heavy (non-hydrogen) atoms. The van der Waals surface area contributed by atoms with Crippen molar-refractivity contribution in [2.75, 3.05) is 6.54 Å². The van der Waals surface area contributed by atoms with E-state index in [4.69, 9.17) is 4.74 Å². The molecule has 4 aliphatic rings. The molecular formula is C15H26N2O. The fourth-order valence-electron chi connectivity index (χ4n) is 4.84. The summed E-state index contributed by atoms with van der Waals surface area (Å²) in [5, 5.41) is 7.69. The first-order valence-electron chi connectivity index (χ1n) is 8.05. The van der Waals surface area contributed by atoms with E-state index in [1.807, 2.05) is 0 Å². The summed E-state index contributed by atoms with van der Waals surface area (Å²) in [6.45, 7) is 1.24. The highest BCUT2D eigenvalue weighted by Crippen LogP contribution is 2.37. The molecule has 3 saturated heterocycles. The summed E-state index contributed by atoms with van der Waals surface area (Å²) in [5.74, 6) is 0.881. The van der Waals surface area contributed by atoms with Gasteiger partial charge in [0, 0.05) is 18.1 Å². The van der Waals surface area contributed by atoms with E-state index in [1.165, 1.54) is 57.9 Å². The summed E-state index contributed by atoms with van der Waals surface area (Å²) in [6, 6.07) is 2.22. The van der Waals surface area contributed by atoms with Crippen LogP contribution in [-0.4, -0.2) is 36.9 Å². The molecule has 0 amide bonds. The molecule has 1 saturated carbocycles. The molecule has 0 aromatic carbocycles. The number of rotatable bonds is 3. The van der Waals surface area contributed by atoms with Crippen molar-refractivity contribution in [3.63, 3.8) is 0 Å². The van der Waals surface area contributed by atoms with E-state index in [9.17, 15) is 0 Å². The van der Waals surface area contributed by atoms with Gasteiger partial charge < -0.3 is 15.4 Å². The van der Waals surface area contributed by atoms with Crippen LogP contribution < -0.4 is 10.6 Å². The van der Waals surface area contributed by atoms with Crippen LogP contribution in [0.15, 0.2) is 0 Å². The molecule has 0 aromatic heterocycles. The zero-order valence-electron chi connectivity index (χ0n) is 11.2. The summed E-state index contributed by atoms with van der Waals surface area (Å²) in [5.41, 5.74) is 0. The molecule has 4 rings (SSSR count). The molecule has 0 radical (unpaired) electrons. The Bertz CT molecular complexity index is 303. The van der Waals surface area contributed by atoms with Crippen LogP contribution in [0.3, 0.4) is 0 Å². The molecule has 3 heteroatoms. The molecule has 1 aliphatic carbocycles. The Morgan fingerprint density at radius 2 is 1.94 bits per heavy atom. The van der Waals surface area contributed by atoms with Gasteiger partial charge in [-0.25, -0.2) is 0 Å². The molecule has 0 aromatic rings. The lowest BCUT2D eigenvalue weighted by Crippen LogP contribution is -2.49. The van der Waals surface area contributed by atoms with Gasteiger partial charge in [0.2, 0.25) is 0 Å². The maximum atomic E-state index is 5.98. The molecule has 2 N–H and O–H groups in total. The molecule has 2 bridgehead atoms. The van der Waals surface area contributed by atoms with E-state index >= 15 is 0 Å². The van der Waals surface area contributed by atoms with Crippen LogP contribution in [0.1, 0.15) is 51.4 Å². The monoisotopic (exact) mass is 250 g/mol. The minimum absolute atomic E-state index is 0.535. The van der Waals surface area contributed by atoms with Crippen LogP contribution in [0.4, 0.5) is 0 Å². The lowest BCUT2D eigenvalue weighted by Gasteiger charge is -2.31. The maximum absolute atomic E-state index is 5.98. The second-order valence-electron chi connectivity index (χ2n) is 6.79. The smallest absolute Gasteiger partial charge is 0.0733 e. The number of hydrogen-bond acceptors (Lipinski definition) is 3. The van der Waals surface area contributed by atoms with Crippen molar-refractivity contribution in [1.29, 1.82) is 0 Å². The number of fused-ring (bicyclic) bond motifs is 2. The van der Waals surface area contributed by atoms with Gasteiger partial charge >= 0.3 is 0 Å². The Kier molecular flexibility index (Phi) is 3.10. The molecule has 3 nitrogen and oxygen atoms in total. The normalized spacial score (nSPS) is 51.3. The third-order valence-electron chi connectivity index (χ3n) is 5.72. The van der Waals surface area contributed by atoms with Gasteiger partial charge in [-0.1, -0.05) is 6.42 Å². The first kappa shape index (κ1) is 11.7. The Labute approximate surface area is 110 Å². The van der Waals surface area contributed by atoms with E-state index in [-0.39, 0.29) is 0 Å². The van der Waals surface area contributed by atoms with Gasteiger partial charge in [-0.15, -0.1) is 0 Å². The highest BCUT2D eigenvalue weighted by molar-refractivity contribution is 4.99. The Morgan fingerprint density at radius 1 is 0.944 bits per heavy atom. The van der Waals surface area contributed by atoms with Gasteiger partial charge in [0.05, 0.1) is 12.2 Å². The van der Waals surface area contributed by atoms with Gasteiger partial charge in [-0.3, -0.25) is 0 Å². The van der Waals surface area contributed by atoms with E-state index in [0.717, 1.165) is 18.0 Å². The lowest BCUT2D eigenvalue weighted by molar-refractivity contribution is 0.0947. The van der Waals surface area contributed by atoms with Crippen molar-refractivity contribution in [3.05, 3.63) is 0 Å². The third-order valence-corrected chi connectivity index (χ3v) is 5.72. The van der Waals surface area contributed by atoms with Gasteiger partial charge in [0.25, 0.3) is 0 Å². The van der Waals surface area contributed by atoms with E-state index in [0.29, 0.717) is 18.2 Å². The minimum atomic E-state index is 0.535. The third kappa shape index (κ3) is 2.00. The van der Waals surface area contributed by atoms with Crippen molar-refractivity contribution in [2.24, 2.45) is 5.92 Å². The van der Waals surface area contributed by atoms with Crippen LogP contribution in [0, 0.1) is 5.92 Å². The summed E-state index contributed by atoms with van der Waals surface area (Å²) in [7, 11) is 0. The molecule has 4 fully saturated rings. The van der Waals surface area contributed by atoms with E-state index in [1.54, 1.807) is 0 Å². The average Bonchev–Trinajstić information content (AvgIpc) is 3.14. The fourth-order valence-corrected chi connectivity index (χ4v) is 4.84. The highest BCUT2D eigenvalue weighted by Gasteiger charge is 2.43. The number of ether oxygens (including phenoxy) is 1. The van der Waals surface area contributed by atoms with Crippen LogP contribution in [0.25, 0.3) is 0 Å². The maximum Gasteiger partial charge on any atom is 0.0733 e. The second kappa shape index (κ2) is 4.77. The minimum Gasteiger partial charge on any atom is -0.373 e. The SMILES string of the molecule is C1CNC(C2CCCC2NC2CC3CCC2O3)C1. The van der Waals surface area contributed by atoms with Gasteiger partial charge in [-0.2, -0.15) is 0 Å². The van der Waals surface area contributed by atoms with Gasteiger partial charge in [0.15, 0.2) is 0 Å². The first-order valence-corrected chi connectivity index (χ1v) is 8.05. The zero-order valence-corrected chi connectivity index (χ0v) is 11.2. The van der Waals surface area contributed by atoms with E-state index < -0.39 is 0 Å². The average molecular weight is 250 g/mol. The van der Waals surface area contributed by atoms with Gasteiger partial charge in [-0.05, 0) is 57.4 Å². The molecule has 6 unspecified atom stereocenters. The topological polar surface area (TPSA) is 33.3 Å². The van der Waals surface area contributed by atoms with Crippen molar-refractivity contribution in [2.45, 2.75) is 81.7 Å². The quantitative estimate of drug-likeness (QED) is 0.801. The molecule has 3 aliphatic heterocycles. The van der Waals surface area contributed by atoms with Crippen LogP contribution >= 0.6 is 0 Å². The molecular weight excluding hydrogens is 224 g/mol. The van der Waals surface area contributed by atoms with Crippen LogP contribution in [0.5, 0.6) is 0 Å². The summed E-state index contributed by atoms with van der Waals surface area (Å²) < 4.78 is 5.98. The fraction of sp³-hybridized carbons (Fsp3) is 1.00. The highest BCUT2D eigenvalue weighted by atomic mass is 16.5. The number of nitrogens with one attached hydrogen (secondary N) is 2. The summed E-state index contributed by atoms with van der Waals surface area (Å²) >= 11 is 0. The van der Waals surface area contributed by atoms with Crippen molar-refractivity contribution >= 4 is 0 Å². The second-order valence-corrected chi connectivity index (χ2v) is 6.79. The molecule has 3 heterocycles. The largest absolute Gasteiger partial charge is 0.373 e. The van der Waals surface area contributed by atoms with Crippen molar-refractivity contribution < 1.29 is 4.74 Å². The number of hydrogen-bond donors (Lipinski definition) is 2. The molecule has 102 valence electrons. The predicted octanol–water partition coefficient (Wildman–Crippen LogP) is 1.82. The van der Waals surface area contributed by atoms with Crippen LogP contribution in [0.2, 0.25) is 0 Å². The van der Waals surface area contributed by atoms with Gasteiger partial charge in [0.1, 0.15) is 0 Å². The summed E-state index contributed by atoms with van der Waals surface area (Å²) in [4.78, 5) is 0. The molecule has 6 atom stereocenters. The standard InChI is InChI=1S/C15H26N2O/c1-3-11(12-5-2-8-16-12)13(4-1)17-14-9-10-6-7-15(14)18-10/h10-17H,1-9H2. The van der Waals surface area contributed by atoms with Crippen molar-refractivity contribution in [1.82, 2.24) is 10.6 Å².